The Kier molecular flexibility index (Phi) is 1.98. The number of carbonyl (C=O) groups is 1. The zero-order valence-electron chi connectivity index (χ0n) is 7.22. The van der Waals surface area contributed by atoms with E-state index in [1.54, 1.807) is 0 Å². The van der Waals surface area contributed by atoms with E-state index in [9.17, 15) is 13.6 Å². The molecule has 0 bridgehead atoms. The molecule has 5 heteroatoms. The molecule has 1 N–H and O–H groups in total. The van der Waals surface area contributed by atoms with Gasteiger partial charge in [0.1, 0.15) is 0 Å². The Hall–Kier alpha value is -0.710. The van der Waals surface area contributed by atoms with Crippen LogP contribution >= 0.6 is 0 Å². The molecular formula is C8H12F2N2O. The van der Waals surface area contributed by atoms with Crippen LogP contribution in [0, 0.1) is 5.92 Å². The topological polar surface area (TPSA) is 32.3 Å². The number of amides is 1. The second kappa shape index (κ2) is 2.90. The highest BCUT2D eigenvalue weighted by molar-refractivity contribution is 5.80. The molecule has 0 saturated carbocycles. The smallest absolute Gasteiger partial charge is 0.267 e. The Balaban J connectivity index is 1.91. The SMILES string of the molecule is O=C(C1CNC1)N1CCC(F)(F)C1. The van der Waals surface area contributed by atoms with Gasteiger partial charge in [0.25, 0.3) is 5.92 Å². The fourth-order valence-electron chi connectivity index (χ4n) is 1.65. The molecule has 2 aliphatic rings. The summed E-state index contributed by atoms with van der Waals surface area (Å²) in [5.74, 6) is -2.84. The number of nitrogens with zero attached hydrogens (tertiary/aromatic N) is 1. The Bertz CT molecular complexity index is 228. The van der Waals surface area contributed by atoms with Crippen molar-refractivity contribution in [3.63, 3.8) is 0 Å². The minimum Gasteiger partial charge on any atom is -0.336 e. The fourth-order valence-corrected chi connectivity index (χ4v) is 1.65. The molecule has 2 heterocycles. The number of nitrogens with one attached hydrogen (secondary N) is 1. The second-order valence-electron chi connectivity index (χ2n) is 3.72. The molecule has 0 aromatic rings. The van der Waals surface area contributed by atoms with Crippen LogP contribution < -0.4 is 5.32 Å². The first-order valence-corrected chi connectivity index (χ1v) is 4.46. The van der Waals surface area contributed by atoms with Gasteiger partial charge in [-0.25, -0.2) is 8.78 Å². The molecule has 2 fully saturated rings. The van der Waals surface area contributed by atoms with E-state index in [2.05, 4.69) is 5.32 Å². The Morgan fingerprint density at radius 1 is 1.46 bits per heavy atom. The van der Waals surface area contributed by atoms with Gasteiger partial charge in [0.05, 0.1) is 12.5 Å². The molecule has 0 aliphatic carbocycles. The molecule has 0 atom stereocenters. The van der Waals surface area contributed by atoms with E-state index in [0.29, 0.717) is 13.1 Å². The van der Waals surface area contributed by atoms with Crippen molar-refractivity contribution in [1.29, 1.82) is 0 Å². The summed E-state index contributed by atoms with van der Waals surface area (Å²) < 4.78 is 25.5. The standard InChI is InChI=1S/C8H12F2N2O/c9-8(10)1-2-12(5-8)7(13)6-3-11-4-6/h6,11H,1-5H2. The van der Waals surface area contributed by atoms with Crippen molar-refractivity contribution in [2.75, 3.05) is 26.2 Å². The summed E-state index contributed by atoms with van der Waals surface area (Å²) in [5, 5.41) is 2.95. The molecule has 2 saturated heterocycles. The lowest BCUT2D eigenvalue weighted by Gasteiger charge is -2.29. The van der Waals surface area contributed by atoms with Gasteiger partial charge in [-0.1, -0.05) is 0 Å². The lowest BCUT2D eigenvalue weighted by molar-refractivity contribution is -0.137. The number of hydrogen-bond acceptors (Lipinski definition) is 2. The molecule has 0 radical (unpaired) electrons. The molecule has 3 nitrogen and oxygen atoms in total. The first-order valence-electron chi connectivity index (χ1n) is 4.46. The molecule has 74 valence electrons. The van der Waals surface area contributed by atoms with Gasteiger partial charge in [-0.15, -0.1) is 0 Å². The number of rotatable bonds is 1. The van der Waals surface area contributed by atoms with E-state index in [1.165, 1.54) is 4.90 Å². The Morgan fingerprint density at radius 2 is 2.15 bits per heavy atom. The van der Waals surface area contributed by atoms with E-state index >= 15 is 0 Å². The van der Waals surface area contributed by atoms with Gasteiger partial charge in [0.15, 0.2) is 0 Å². The normalized spacial score (nSPS) is 27.4. The predicted octanol–water partition coefficient (Wildman–Crippen LogP) is 0.0734. The quantitative estimate of drug-likeness (QED) is 0.634. The third kappa shape index (κ3) is 1.65. The maximum atomic E-state index is 12.7. The van der Waals surface area contributed by atoms with Crippen LogP contribution in [0.5, 0.6) is 0 Å². The summed E-state index contributed by atoms with van der Waals surface area (Å²) in [7, 11) is 0. The average Bonchev–Trinajstić information content (AvgIpc) is 2.26. The van der Waals surface area contributed by atoms with Crippen LogP contribution in [0.15, 0.2) is 0 Å². The van der Waals surface area contributed by atoms with Crippen LogP contribution in [0.4, 0.5) is 8.78 Å². The van der Waals surface area contributed by atoms with Crippen molar-refractivity contribution >= 4 is 5.91 Å². The van der Waals surface area contributed by atoms with Gasteiger partial charge in [0.2, 0.25) is 5.91 Å². The molecule has 2 rings (SSSR count). The minimum absolute atomic E-state index is 0.0612. The third-order valence-electron chi connectivity index (χ3n) is 2.61. The molecule has 0 spiro atoms. The van der Waals surface area contributed by atoms with Crippen molar-refractivity contribution in [3.05, 3.63) is 0 Å². The van der Waals surface area contributed by atoms with E-state index in [4.69, 9.17) is 0 Å². The zero-order chi connectivity index (χ0) is 9.47. The van der Waals surface area contributed by atoms with E-state index in [1.807, 2.05) is 0 Å². The first-order chi connectivity index (χ1) is 6.08. The van der Waals surface area contributed by atoms with Gasteiger partial charge in [-0.3, -0.25) is 4.79 Å². The van der Waals surface area contributed by atoms with Crippen LogP contribution in [0.2, 0.25) is 0 Å². The number of hydrogen-bond donors (Lipinski definition) is 1. The Labute approximate surface area is 75.1 Å². The lowest BCUT2D eigenvalue weighted by Crippen LogP contribution is -2.51. The van der Waals surface area contributed by atoms with Crippen LogP contribution in [0.25, 0.3) is 0 Å². The van der Waals surface area contributed by atoms with Gasteiger partial charge in [-0.2, -0.15) is 0 Å². The molecule has 13 heavy (non-hydrogen) atoms. The van der Waals surface area contributed by atoms with Gasteiger partial charge >= 0.3 is 0 Å². The molecule has 2 aliphatic heterocycles. The third-order valence-corrected chi connectivity index (χ3v) is 2.61. The zero-order valence-corrected chi connectivity index (χ0v) is 7.22. The van der Waals surface area contributed by atoms with Gasteiger partial charge in [-0.05, 0) is 0 Å². The van der Waals surface area contributed by atoms with Crippen LogP contribution in [-0.4, -0.2) is 42.9 Å². The summed E-state index contributed by atoms with van der Waals surface area (Å²) >= 11 is 0. The highest BCUT2D eigenvalue weighted by atomic mass is 19.3. The van der Waals surface area contributed by atoms with Crippen LogP contribution in [0.1, 0.15) is 6.42 Å². The highest BCUT2D eigenvalue weighted by Crippen LogP contribution is 2.28. The predicted molar refractivity (Wildman–Crippen MR) is 42.5 cm³/mol. The summed E-state index contributed by atoms with van der Waals surface area (Å²) in [5.41, 5.74) is 0. The maximum Gasteiger partial charge on any atom is 0.267 e. The lowest BCUT2D eigenvalue weighted by atomic mass is 10.0. The monoisotopic (exact) mass is 190 g/mol. The Morgan fingerprint density at radius 3 is 2.54 bits per heavy atom. The summed E-state index contributed by atoms with van der Waals surface area (Å²) in [4.78, 5) is 12.8. The number of carbonyl (C=O) groups excluding carboxylic acids is 1. The van der Waals surface area contributed by atoms with Crippen molar-refractivity contribution in [1.82, 2.24) is 10.2 Å². The maximum absolute atomic E-state index is 12.7. The van der Waals surface area contributed by atoms with Crippen molar-refractivity contribution in [3.8, 4) is 0 Å². The minimum atomic E-state index is -2.66. The summed E-state index contributed by atoms with van der Waals surface area (Å²) in [6, 6.07) is 0. The van der Waals surface area contributed by atoms with Crippen molar-refractivity contribution in [2.45, 2.75) is 12.3 Å². The van der Waals surface area contributed by atoms with Crippen LogP contribution in [0.3, 0.4) is 0 Å². The van der Waals surface area contributed by atoms with Gasteiger partial charge < -0.3 is 10.2 Å². The second-order valence-corrected chi connectivity index (χ2v) is 3.72. The number of halogens is 2. The summed E-state index contributed by atoms with van der Waals surface area (Å²) in [6.45, 7) is 1.10. The van der Waals surface area contributed by atoms with Gasteiger partial charge in [0, 0.05) is 26.1 Å². The molecule has 0 aromatic heterocycles. The first kappa shape index (κ1) is 8.87. The van der Waals surface area contributed by atoms with Crippen molar-refractivity contribution < 1.29 is 13.6 Å². The number of alkyl halides is 2. The highest BCUT2D eigenvalue weighted by Gasteiger charge is 2.42. The van der Waals surface area contributed by atoms with E-state index < -0.39 is 5.92 Å². The molecule has 1 amide bonds. The number of likely N-dealkylation sites (tertiary alicyclic amines) is 1. The largest absolute Gasteiger partial charge is 0.336 e. The van der Waals surface area contributed by atoms with E-state index in [0.717, 1.165) is 0 Å². The van der Waals surface area contributed by atoms with E-state index in [-0.39, 0.29) is 31.3 Å². The van der Waals surface area contributed by atoms with Crippen LogP contribution in [-0.2, 0) is 4.79 Å². The molecule has 0 unspecified atom stereocenters. The summed E-state index contributed by atoms with van der Waals surface area (Å²) in [6.07, 6.45) is -0.182. The molecular weight excluding hydrogens is 178 g/mol. The molecule has 0 aromatic carbocycles. The fraction of sp³-hybridized carbons (Fsp3) is 0.875. The van der Waals surface area contributed by atoms with Crippen molar-refractivity contribution in [2.24, 2.45) is 5.92 Å². The average molecular weight is 190 g/mol.